The van der Waals surface area contributed by atoms with Crippen molar-refractivity contribution < 1.29 is 4.39 Å². The molecule has 0 atom stereocenters. The summed E-state index contributed by atoms with van der Waals surface area (Å²) in [4.78, 5) is 1.23. The van der Waals surface area contributed by atoms with Gasteiger partial charge in [-0.15, -0.1) is 27.1 Å². The summed E-state index contributed by atoms with van der Waals surface area (Å²) in [6, 6.07) is 18.5. The lowest BCUT2D eigenvalue weighted by Crippen LogP contribution is -2.05. The van der Waals surface area contributed by atoms with E-state index in [1.54, 1.807) is 34.5 Å². The van der Waals surface area contributed by atoms with Gasteiger partial charge in [0.15, 0.2) is 11.5 Å². The number of aromatic nitrogens is 4. The average Bonchev–Trinajstić information content (AvgIpc) is 3.10. The highest BCUT2D eigenvalue weighted by atomic mass is 32.2. The van der Waals surface area contributed by atoms with Gasteiger partial charge in [0.25, 0.3) is 0 Å². The van der Waals surface area contributed by atoms with Gasteiger partial charge in [-0.3, -0.25) is 0 Å². The molecule has 0 saturated carbocycles. The SMILES string of the molecule is CSc1ccc(CNc2ccc3nnc(-c4ccccc4F)n3n2)cc1. The van der Waals surface area contributed by atoms with Gasteiger partial charge in [0, 0.05) is 11.4 Å². The number of benzene rings is 2. The molecule has 0 bridgehead atoms. The molecule has 2 heterocycles. The molecular weight excluding hydrogens is 349 g/mol. The zero-order chi connectivity index (χ0) is 17.9. The van der Waals surface area contributed by atoms with Gasteiger partial charge in [-0.2, -0.15) is 4.52 Å². The number of fused-ring (bicyclic) bond motifs is 1. The number of hydrogen-bond donors (Lipinski definition) is 1. The topological polar surface area (TPSA) is 55.1 Å². The Bertz CT molecular complexity index is 1050. The Morgan fingerprint density at radius 2 is 1.81 bits per heavy atom. The number of anilines is 1. The van der Waals surface area contributed by atoms with E-state index in [-0.39, 0.29) is 5.82 Å². The van der Waals surface area contributed by atoms with Gasteiger partial charge in [-0.25, -0.2) is 4.39 Å². The zero-order valence-electron chi connectivity index (χ0n) is 14.1. The summed E-state index contributed by atoms with van der Waals surface area (Å²) in [6.07, 6.45) is 2.05. The van der Waals surface area contributed by atoms with E-state index in [0.29, 0.717) is 29.4 Å². The molecule has 0 aliphatic carbocycles. The third-order valence-corrected chi connectivity index (χ3v) is 4.75. The minimum atomic E-state index is -0.351. The van der Waals surface area contributed by atoms with Crippen LogP contribution >= 0.6 is 11.8 Å². The van der Waals surface area contributed by atoms with E-state index in [2.05, 4.69) is 51.1 Å². The van der Waals surface area contributed by atoms with Gasteiger partial charge in [0.2, 0.25) is 0 Å². The van der Waals surface area contributed by atoms with Crippen LogP contribution in [0, 0.1) is 5.82 Å². The maximum absolute atomic E-state index is 14.1. The highest BCUT2D eigenvalue weighted by Gasteiger charge is 2.13. The molecule has 4 aromatic rings. The Labute approximate surface area is 154 Å². The van der Waals surface area contributed by atoms with Gasteiger partial charge in [0.1, 0.15) is 11.6 Å². The van der Waals surface area contributed by atoms with Crippen LogP contribution in [0.3, 0.4) is 0 Å². The van der Waals surface area contributed by atoms with E-state index in [4.69, 9.17) is 0 Å². The van der Waals surface area contributed by atoms with Crippen LogP contribution in [0.25, 0.3) is 17.0 Å². The molecule has 0 spiro atoms. The predicted molar refractivity (Wildman–Crippen MR) is 102 cm³/mol. The molecule has 2 aromatic carbocycles. The first-order valence-electron chi connectivity index (χ1n) is 8.09. The molecule has 4 rings (SSSR count). The summed E-state index contributed by atoms with van der Waals surface area (Å²) < 4.78 is 15.6. The molecule has 0 unspecified atom stereocenters. The molecule has 0 radical (unpaired) electrons. The van der Waals surface area contributed by atoms with Crippen LogP contribution in [0.4, 0.5) is 10.2 Å². The van der Waals surface area contributed by atoms with E-state index in [1.165, 1.54) is 11.0 Å². The molecule has 0 fully saturated rings. The Hall–Kier alpha value is -2.93. The third-order valence-electron chi connectivity index (χ3n) is 4.01. The molecule has 1 N–H and O–H groups in total. The van der Waals surface area contributed by atoms with Crippen molar-refractivity contribution in [3.8, 4) is 11.4 Å². The van der Waals surface area contributed by atoms with Crippen molar-refractivity contribution in [2.45, 2.75) is 11.4 Å². The number of nitrogens with zero attached hydrogens (tertiary/aromatic N) is 4. The van der Waals surface area contributed by atoms with Crippen molar-refractivity contribution in [3.05, 3.63) is 72.0 Å². The van der Waals surface area contributed by atoms with Crippen LogP contribution in [0.15, 0.2) is 65.6 Å². The van der Waals surface area contributed by atoms with E-state index in [1.807, 2.05) is 12.1 Å². The summed E-state index contributed by atoms with van der Waals surface area (Å²) in [7, 11) is 0. The molecule has 7 heteroatoms. The number of halogens is 1. The molecule has 0 saturated heterocycles. The number of nitrogens with one attached hydrogen (secondary N) is 1. The molecule has 26 heavy (non-hydrogen) atoms. The second kappa shape index (κ2) is 7.13. The standard InChI is InChI=1S/C19H16FN5S/c1-26-14-8-6-13(7-9-14)12-21-17-10-11-18-22-23-19(25(18)24-17)15-4-2-3-5-16(15)20/h2-11H,12H2,1H3,(H,21,24). The van der Waals surface area contributed by atoms with Crippen molar-refractivity contribution in [1.82, 2.24) is 19.8 Å². The maximum atomic E-state index is 14.1. The Balaban J connectivity index is 1.60. The molecular formula is C19H16FN5S. The lowest BCUT2D eigenvalue weighted by molar-refractivity contribution is 0.629. The van der Waals surface area contributed by atoms with Crippen LogP contribution in [0.1, 0.15) is 5.56 Å². The molecule has 130 valence electrons. The normalized spacial score (nSPS) is 11.0. The minimum absolute atomic E-state index is 0.351. The highest BCUT2D eigenvalue weighted by Crippen LogP contribution is 2.21. The smallest absolute Gasteiger partial charge is 0.188 e. The first-order chi connectivity index (χ1) is 12.7. The van der Waals surface area contributed by atoms with Crippen molar-refractivity contribution in [2.24, 2.45) is 0 Å². The van der Waals surface area contributed by atoms with E-state index in [9.17, 15) is 4.39 Å². The fraction of sp³-hybridized carbons (Fsp3) is 0.105. The Kier molecular flexibility index (Phi) is 4.53. The van der Waals surface area contributed by atoms with Gasteiger partial charge in [-0.1, -0.05) is 24.3 Å². The molecule has 2 aromatic heterocycles. The molecule has 5 nitrogen and oxygen atoms in total. The Morgan fingerprint density at radius 3 is 2.58 bits per heavy atom. The first kappa shape index (κ1) is 16.5. The largest absolute Gasteiger partial charge is 0.365 e. The summed E-state index contributed by atoms with van der Waals surface area (Å²) in [5, 5.41) is 16.0. The first-order valence-corrected chi connectivity index (χ1v) is 9.31. The van der Waals surface area contributed by atoms with Crippen LogP contribution in [-0.4, -0.2) is 26.1 Å². The fourth-order valence-corrected chi connectivity index (χ4v) is 3.04. The highest BCUT2D eigenvalue weighted by molar-refractivity contribution is 7.98. The van der Waals surface area contributed by atoms with Crippen LogP contribution in [-0.2, 0) is 6.54 Å². The fourth-order valence-electron chi connectivity index (χ4n) is 2.63. The third kappa shape index (κ3) is 3.25. The minimum Gasteiger partial charge on any atom is -0.365 e. The van der Waals surface area contributed by atoms with E-state index in [0.717, 1.165) is 5.56 Å². The zero-order valence-corrected chi connectivity index (χ0v) is 14.9. The van der Waals surface area contributed by atoms with Crippen molar-refractivity contribution >= 4 is 23.2 Å². The lowest BCUT2D eigenvalue weighted by Gasteiger charge is -2.07. The molecule has 0 aliphatic rings. The van der Waals surface area contributed by atoms with Crippen LogP contribution in [0.5, 0.6) is 0 Å². The Morgan fingerprint density at radius 1 is 1.00 bits per heavy atom. The molecule has 0 aliphatic heterocycles. The van der Waals surface area contributed by atoms with Crippen LogP contribution in [0.2, 0.25) is 0 Å². The summed E-state index contributed by atoms with van der Waals surface area (Å²) in [6.45, 7) is 0.643. The van der Waals surface area contributed by atoms with Crippen molar-refractivity contribution in [2.75, 3.05) is 11.6 Å². The summed E-state index contributed by atoms with van der Waals surface area (Å²) >= 11 is 1.71. The van der Waals surface area contributed by atoms with E-state index < -0.39 is 0 Å². The monoisotopic (exact) mass is 365 g/mol. The van der Waals surface area contributed by atoms with Crippen LogP contribution < -0.4 is 5.32 Å². The van der Waals surface area contributed by atoms with Gasteiger partial charge < -0.3 is 5.32 Å². The quantitative estimate of drug-likeness (QED) is 0.536. The summed E-state index contributed by atoms with van der Waals surface area (Å²) in [5.74, 6) is 0.700. The summed E-state index contributed by atoms with van der Waals surface area (Å²) in [5.41, 5.74) is 2.10. The molecule has 0 amide bonds. The second-order valence-corrected chi connectivity index (χ2v) is 6.57. The average molecular weight is 365 g/mol. The van der Waals surface area contributed by atoms with Crippen molar-refractivity contribution in [3.63, 3.8) is 0 Å². The number of rotatable bonds is 5. The van der Waals surface area contributed by atoms with Gasteiger partial charge >= 0.3 is 0 Å². The van der Waals surface area contributed by atoms with Gasteiger partial charge in [-0.05, 0) is 48.2 Å². The van der Waals surface area contributed by atoms with Crippen molar-refractivity contribution in [1.29, 1.82) is 0 Å². The van der Waals surface area contributed by atoms with Gasteiger partial charge in [0.05, 0.1) is 5.56 Å². The number of thioether (sulfide) groups is 1. The van der Waals surface area contributed by atoms with E-state index >= 15 is 0 Å². The maximum Gasteiger partial charge on any atom is 0.188 e. The lowest BCUT2D eigenvalue weighted by atomic mass is 10.2. The number of hydrogen-bond acceptors (Lipinski definition) is 5. The second-order valence-electron chi connectivity index (χ2n) is 5.69. The predicted octanol–water partition coefficient (Wildman–Crippen LogP) is 4.26.